The maximum atomic E-state index is 13.1. The molecule has 2 aliphatic rings. The van der Waals surface area contributed by atoms with E-state index in [0.29, 0.717) is 5.82 Å². The Morgan fingerprint density at radius 1 is 1.20 bits per heavy atom. The summed E-state index contributed by atoms with van der Waals surface area (Å²) in [5.74, 6) is 1.26. The van der Waals surface area contributed by atoms with Gasteiger partial charge < -0.3 is 14.8 Å². The molecular formula is C31H38N8O2. The minimum atomic E-state index is -0.301. The summed E-state index contributed by atoms with van der Waals surface area (Å²) in [7, 11) is 0. The number of pyridine rings is 1. The number of carbonyl (C=O) groups excluding carboxylic acids is 1. The lowest BCUT2D eigenvalue weighted by Gasteiger charge is -2.29. The monoisotopic (exact) mass is 554 g/mol. The van der Waals surface area contributed by atoms with E-state index in [2.05, 4.69) is 56.5 Å². The number of aromatic amines is 1. The molecule has 10 heteroatoms. The number of nitrogens with one attached hydrogen (secondary N) is 2. The quantitative estimate of drug-likeness (QED) is 0.305. The second kappa shape index (κ2) is 10.4. The van der Waals surface area contributed by atoms with Gasteiger partial charge >= 0.3 is 11.8 Å². The third-order valence-corrected chi connectivity index (χ3v) is 8.13. The largest absolute Gasteiger partial charge is 0.344 e. The number of imidazole rings is 1. The van der Waals surface area contributed by atoms with Crippen LogP contribution in [0.3, 0.4) is 0 Å². The van der Waals surface area contributed by atoms with Crippen molar-refractivity contribution in [1.29, 1.82) is 0 Å². The first-order chi connectivity index (χ1) is 19.6. The SMILES string of the molecule is Cc1nn(C(C)C)cc1-c1nc2c(C3=CCC4C(=C3)CCCC[C@@H]4NC(=O)c3nc(C(C)(C)C)no3)ccnc2[nH]1. The Morgan fingerprint density at radius 3 is 2.76 bits per heavy atom. The zero-order chi connectivity index (χ0) is 28.9. The van der Waals surface area contributed by atoms with Gasteiger partial charge in [-0.15, -0.1) is 0 Å². The molecule has 0 aliphatic heterocycles. The van der Waals surface area contributed by atoms with Gasteiger partial charge in [0, 0.05) is 41.4 Å². The van der Waals surface area contributed by atoms with Crippen LogP contribution >= 0.6 is 0 Å². The van der Waals surface area contributed by atoms with Crippen LogP contribution in [0.25, 0.3) is 28.1 Å². The summed E-state index contributed by atoms with van der Waals surface area (Å²) in [6.07, 6.45) is 13.4. The summed E-state index contributed by atoms with van der Waals surface area (Å²) >= 11 is 0. The fourth-order valence-electron chi connectivity index (χ4n) is 5.81. The molecule has 2 N–H and O–H groups in total. The summed E-state index contributed by atoms with van der Waals surface area (Å²) < 4.78 is 7.27. The van der Waals surface area contributed by atoms with E-state index in [0.717, 1.165) is 71.5 Å². The van der Waals surface area contributed by atoms with Gasteiger partial charge in [0.1, 0.15) is 11.3 Å². The Balaban J connectivity index is 1.26. The van der Waals surface area contributed by atoms with E-state index in [9.17, 15) is 4.79 Å². The summed E-state index contributed by atoms with van der Waals surface area (Å²) in [5, 5.41) is 11.9. The maximum Gasteiger partial charge on any atom is 0.315 e. The lowest BCUT2D eigenvalue weighted by molar-refractivity contribution is 0.0879. The number of rotatable bonds is 5. The van der Waals surface area contributed by atoms with Crippen LogP contribution in [0.4, 0.5) is 0 Å². The molecule has 4 aromatic heterocycles. The molecule has 0 bridgehead atoms. The van der Waals surface area contributed by atoms with Crippen molar-refractivity contribution in [2.24, 2.45) is 5.92 Å². The van der Waals surface area contributed by atoms with E-state index in [1.54, 1.807) is 0 Å². The van der Waals surface area contributed by atoms with Crippen molar-refractivity contribution in [3.05, 3.63) is 59.2 Å². The van der Waals surface area contributed by atoms with Crippen LogP contribution in [-0.2, 0) is 5.41 Å². The molecule has 2 aliphatic carbocycles. The van der Waals surface area contributed by atoms with Crippen LogP contribution < -0.4 is 5.32 Å². The van der Waals surface area contributed by atoms with Gasteiger partial charge in [-0.05, 0) is 58.1 Å². The van der Waals surface area contributed by atoms with Gasteiger partial charge in [-0.1, -0.05) is 50.1 Å². The smallest absolute Gasteiger partial charge is 0.315 e. The summed E-state index contributed by atoms with van der Waals surface area (Å²) in [4.78, 5) is 30.4. The molecule has 4 aromatic rings. The Kier molecular flexibility index (Phi) is 6.87. The van der Waals surface area contributed by atoms with Crippen LogP contribution in [0, 0.1) is 12.8 Å². The van der Waals surface area contributed by atoms with E-state index in [4.69, 9.17) is 9.51 Å². The molecule has 41 heavy (non-hydrogen) atoms. The zero-order valence-electron chi connectivity index (χ0n) is 24.7. The summed E-state index contributed by atoms with van der Waals surface area (Å²) in [6.45, 7) is 12.2. The first kappa shape index (κ1) is 27.1. The first-order valence-corrected chi connectivity index (χ1v) is 14.6. The molecule has 6 rings (SSSR count). The highest BCUT2D eigenvalue weighted by Crippen LogP contribution is 2.39. The Labute approximate surface area is 239 Å². The topological polar surface area (TPSA) is 127 Å². The molecule has 0 aromatic carbocycles. The van der Waals surface area contributed by atoms with Gasteiger partial charge in [0.25, 0.3) is 0 Å². The highest BCUT2D eigenvalue weighted by Gasteiger charge is 2.32. The first-order valence-electron chi connectivity index (χ1n) is 14.6. The fraction of sp³-hybridized carbons (Fsp3) is 0.484. The highest BCUT2D eigenvalue weighted by molar-refractivity contribution is 5.92. The fourth-order valence-corrected chi connectivity index (χ4v) is 5.81. The normalized spacial score (nSPS) is 19.6. The van der Waals surface area contributed by atoms with Gasteiger partial charge in [-0.3, -0.25) is 9.48 Å². The number of aromatic nitrogens is 7. The number of H-pyrrole nitrogens is 1. The van der Waals surface area contributed by atoms with Crippen LogP contribution in [-0.4, -0.2) is 46.8 Å². The average molecular weight is 555 g/mol. The maximum absolute atomic E-state index is 13.1. The lowest BCUT2D eigenvalue weighted by atomic mass is 9.81. The lowest BCUT2D eigenvalue weighted by Crippen LogP contribution is -2.41. The number of aryl methyl sites for hydroxylation is 1. The van der Waals surface area contributed by atoms with Crippen molar-refractivity contribution < 1.29 is 9.32 Å². The van der Waals surface area contributed by atoms with Crippen molar-refractivity contribution in [2.75, 3.05) is 0 Å². The number of hydrogen-bond donors (Lipinski definition) is 2. The highest BCUT2D eigenvalue weighted by atomic mass is 16.5. The van der Waals surface area contributed by atoms with Crippen molar-refractivity contribution in [1.82, 2.24) is 40.2 Å². The van der Waals surface area contributed by atoms with Crippen LogP contribution in [0.5, 0.6) is 0 Å². The van der Waals surface area contributed by atoms with E-state index < -0.39 is 0 Å². The van der Waals surface area contributed by atoms with Crippen LogP contribution in [0.1, 0.15) is 101 Å². The molecule has 1 fully saturated rings. The minimum Gasteiger partial charge on any atom is -0.344 e. The number of carbonyl (C=O) groups is 1. The third kappa shape index (κ3) is 5.23. The molecule has 0 spiro atoms. The van der Waals surface area contributed by atoms with Gasteiger partial charge in [-0.2, -0.15) is 10.1 Å². The molecule has 214 valence electrons. The van der Waals surface area contributed by atoms with E-state index in [-0.39, 0.29) is 35.2 Å². The molecule has 10 nitrogen and oxygen atoms in total. The number of nitrogens with zero attached hydrogens (tertiary/aromatic N) is 6. The number of amides is 1. The minimum absolute atomic E-state index is 0.00829. The molecular weight excluding hydrogens is 516 g/mol. The van der Waals surface area contributed by atoms with Gasteiger partial charge in [0.2, 0.25) is 0 Å². The van der Waals surface area contributed by atoms with Crippen LogP contribution in [0.15, 0.2) is 40.7 Å². The van der Waals surface area contributed by atoms with E-state index >= 15 is 0 Å². The van der Waals surface area contributed by atoms with Crippen molar-refractivity contribution in [3.8, 4) is 11.4 Å². The molecule has 4 heterocycles. The molecule has 0 saturated heterocycles. The summed E-state index contributed by atoms with van der Waals surface area (Å²) in [5.41, 5.74) is 6.81. The Morgan fingerprint density at radius 2 is 2.02 bits per heavy atom. The van der Waals surface area contributed by atoms with Gasteiger partial charge in [0.05, 0.1) is 11.3 Å². The van der Waals surface area contributed by atoms with E-state index in [1.807, 2.05) is 50.8 Å². The number of hydrogen-bond acceptors (Lipinski definition) is 7. The predicted octanol–water partition coefficient (Wildman–Crippen LogP) is 6.09. The molecule has 1 unspecified atom stereocenters. The van der Waals surface area contributed by atoms with Crippen molar-refractivity contribution in [3.63, 3.8) is 0 Å². The second-order valence-electron chi connectivity index (χ2n) is 12.6. The van der Waals surface area contributed by atoms with Crippen LogP contribution in [0.2, 0.25) is 0 Å². The van der Waals surface area contributed by atoms with Crippen molar-refractivity contribution >= 4 is 22.6 Å². The Bertz CT molecular complexity index is 1660. The third-order valence-electron chi connectivity index (χ3n) is 8.13. The molecule has 2 atom stereocenters. The number of fused-ring (bicyclic) bond motifs is 2. The second-order valence-corrected chi connectivity index (χ2v) is 12.6. The van der Waals surface area contributed by atoms with E-state index in [1.165, 1.54) is 5.57 Å². The molecule has 0 radical (unpaired) electrons. The van der Waals surface area contributed by atoms with Gasteiger partial charge in [0.15, 0.2) is 11.5 Å². The Hall–Kier alpha value is -4.08. The van der Waals surface area contributed by atoms with Crippen molar-refractivity contribution in [2.45, 2.75) is 91.1 Å². The summed E-state index contributed by atoms with van der Waals surface area (Å²) in [6, 6.07) is 2.32. The standard InChI is InChI=1S/C31H38N8O2/c1-17(2)39-16-23(18(3)37-39)26-34-25-22(13-14-32-27(25)35-26)20-11-12-21-19(15-20)9-7-8-10-24(21)33-28(40)29-36-30(38-41-29)31(4,5)6/h11,13-17,21,24H,7-10,12H2,1-6H3,(H,33,40)(H,32,34,35)/t21?,24-/m0/s1. The number of allylic oxidation sites excluding steroid dienone is 3. The zero-order valence-corrected chi connectivity index (χ0v) is 24.7. The molecule has 1 saturated carbocycles. The molecule has 1 amide bonds. The predicted molar refractivity (Wildman–Crippen MR) is 157 cm³/mol. The van der Waals surface area contributed by atoms with Gasteiger partial charge in [-0.25, -0.2) is 9.97 Å². The average Bonchev–Trinajstić information content (AvgIpc) is 3.65.